The van der Waals surface area contributed by atoms with Crippen molar-refractivity contribution < 1.29 is 22.7 Å². The van der Waals surface area contributed by atoms with Gasteiger partial charge in [0, 0.05) is 37.6 Å². The second-order valence-corrected chi connectivity index (χ2v) is 10.8. The molecule has 0 bridgehead atoms. The first-order chi connectivity index (χ1) is 14.8. The molecule has 0 saturated carbocycles. The lowest BCUT2D eigenvalue weighted by molar-refractivity contribution is 0.0595. The number of hydrogen-bond acceptors (Lipinski definition) is 7. The maximum Gasteiger partial charge on any atom is 0.340 e. The molecule has 31 heavy (non-hydrogen) atoms. The molecular formula is C22H30N2O5S2. The van der Waals surface area contributed by atoms with Crippen molar-refractivity contribution in [1.82, 2.24) is 9.21 Å². The smallest absolute Gasteiger partial charge is 0.340 e. The van der Waals surface area contributed by atoms with Crippen LogP contribution < -0.4 is 4.74 Å². The Balaban J connectivity index is 1.93. The van der Waals surface area contributed by atoms with Crippen LogP contribution in [0, 0.1) is 6.92 Å². The summed E-state index contributed by atoms with van der Waals surface area (Å²) in [4.78, 5) is 15.8. The molecular weight excluding hydrogens is 436 g/mol. The van der Waals surface area contributed by atoms with Crippen molar-refractivity contribution in [3.05, 3.63) is 45.3 Å². The standard InChI is InChI=1S/C22H30N2O5S2/c1-6-24(7-2)31(26,27)22-20(21(25)29-5)17-10-11-23(14-19(17)30-22)13-16-8-9-18(28-4)15(3)12-16/h8-9,12H,6-7,10-11,13-14H2,1-5H3. The van der Waals surface area contributed by atoms with Gasteiger partial charge < -0.3 is 9.47 Å². The van der Waals surface area contributed by atoms with E-state index in [0.29, 0.717) is 26.1 Å². The van der Waals surface area contributed by atoms with Gasteiger partial charge in [-0.2, -0.15) is 4.31 Å². The Hall–Kier alpha value is -1.94. The summed E-state index contributed by atoms with van der Waals surface area (Å²) in [5.74, 6) is 0.277. The van der Waals surface area contributed by atoms with Crippen LogP contribution in [0.3, 0.4) is 0 Å². The molecule has 0 unspecified atom stereocenters. The van der Waals surface area contributed by atoms with Crippen LogP contribution in [0.25, 0.3) is 0 Å². The number of carbonyl (C=O) groups excluding carboxylic acids is 1. The molecule has 7 nitrogen and oxygen atoms in total. The van der Waals surface area contributed by atoms with Crippen LogP contribution in [0.2, 0.25) is 0 Å². The normalized spacial score (nSPS) is 14.5. The average Bonchev–Trinajstić information content (AvgIpc) is 3.13. The summed E-state index contributed by atoms with van der Waals surface area (Å²) in [7, 11) is -0.799. The summed E-state index contributed by atoms with van der Waals surface area (Å²) in [5, 5.41) is 0. The molecule has 1 aliphatic rings. The van der Waals surface area contributed by atoms with Crippen molar-refractivity contribution >= 4 is 27.3 Å². The van der Waals surface area contributed by atoms with E-state index in [2.05, 4.69) is 11.0 Å². The van der Waals surface area contributed by atoms with Crippen LogP contribution in [0.1, 0.15) is 45.8 Å². The number of ether oxygens (including phenoxy) is 2. The third-order valence-corrected chi connectivity index (χ3v) is 9.40. The molecule has 1 aliphatic heterocycles. The van der Waals surface area contributed by atoms with Gasteiger partial charge in [0.25, 0.3) is 10.0 Å². The molecule has 1 aromatic carbocycles. The Morgan fingerprint density at radius 2 is 1.94 bits per heavy atom. The number of thiophene rings is 1. The molecule has 0 N–H and O–H groups in total. The molecule has 9 heteroatoms. The van der Waals surface area contributed by atoms with Crippen LogP contribution in [0.15, 0.2) is 22.4 Å². The predicted molar refractivity (Wildman–Crippen MR) is 121 cm³/mol. The first-order valence-corrected chi connectivity index (χ1v) is 12.6. The van der Waals surface area contributed by atoms with E-state index in [0.717, 1.165) is 34.8 Å². The minimum Gasteiger partial charge on any atom is -0.496 e. The van der Waals surface area contributed by atoms with Gasteiger partial charge in [0.15, 0.2) is 0 Å². The molecule has 2 aromatic rings. The van der Waals surface area contributed by atoms with Crippen molar-refractivity contribution in [1.29, 1.82) is 0 Å². The third-order valence-electron chi connectivity index (χ3n) is 5.64. The highest BCUT2D eigenvalue weighted by Crippen LogP contribution is 2.38. The topological polar surface area (TPSA) is 76.2 Å². The van der Waals surface area contributed by atoms with E-state index in [9.17, 15) is 13.2 Å². The Labute approximate surface area is 188 Å². The van der Waals surface area contributed by atoms with Crippen LogP contribution in [-0.4, -0.2) is 57.4 Å². The number of carbonyl (C=O) groups is 1. The van der Waals surface area contributed by atoms with Gasteiger partial charge in [-0.25, -0.2) is 13.2 Å². The van der Waals surface area contributed by atoms with E-state index in [4.69, 9.17) is 9.47 Å². The minimum atomic E-state index is -3.75. The fourth-order valence-corrected chi connectivity index (χ4v) is 7.56. The van der Waals surface area contributed by atoms with Crippen molar-refractivity contribution in [3.63, 3.8) is 0 Å². The van der Waals surface area contributed by atoms with Gasteiger partial charge in [-0.3, -0.25) is 4.90 Å². The molecule has 170 valence electrons. The lowest BCUT2D eigenvalue weighted by Gasteiger charge is -2.27. The van der Waals surface area contributed by atoms with E-state index in [1.165, 1.54) is 28.3 Å². The molecule has 0 aliphatic carbocycles. The molecule has 0 fully saturated rings. The molecule has 0 radical (unpaired) electrons. The zero-order chi connectivity index (χ0) is 22.8. The van der Waals surface area contributed by atoms with E-state index in [1.54, 1.807) is 21.0 Å². The zero-order valence-electron chi connectivity index (χ0n) is 18.7. The Bertz CT molecular complexity index is 1060. The monoisotopic (exact) mass is 466 g/mol. The highest BCUT2D eigenvalue weighted by atomic mass is 32.2. The SMILES string of the molecule is CCN(CC)S(=O)(=O)c1sc2c(c1C(=O)OC)CCN(Cc1ccc(OC)c(C)c1)C2. The van der Waals surface area contributed by atoms with Crippen molar-refractivity contribution in [3.8, 4) is 5.75 Å². The summed E-state index contributed by atoms with van der Waals surface area (Å²) >= 11 is 1.20. The van der Waals surface area contributed by atoms with E-state index in [-0.39, 0.29) is 9.77 Å². The van der Waals surface area contributed by atoms with Gasteiger partial charge in [-0.15, -0.1) is 11.3 Å². The number of fused-ring (bicyclic) bond motifs is 1. The van der Waals surface area contributed by atoms with Gasteiger partial charge in [0.1, 0.15) is 9.96 Å². The summed E-state index contributed by atoms with van der Waals surface area (Å²) in [6, 6.07) is 6.13. The maximum atomic E-state index is 13.2. The second kappa shape index (κ2) is 9.68. The second-order valence-electron chi connectivity index (χ2n) is 7.51. The first kappa shape index (κ1) is 23.7. The number of benzene rings is 1. The predicted octanol–water partition coefficient (Wildman–Crippen LogP) is 3.44. The quantitative estimate of drug-likeness (QED) is 0.555. The Morgan fingerprint density at radius 1 is 1.23 bits per heavy atom. The fourth-order valence-electron chi connectivity index (χ4n) is 4.03. The lowest BCUT2D eigenvalue weighted by Crippen LogP contribution is -2.31. The zero-order valence-corrected chi connectivity index (χ0v) is 20.4. The highest BCUT2D eigenvalue weighted by Gasteiger charge is 2.36. The van der Waals surface area contributed by atoms with Crippen LogP contribution >= 0.6 is 11.3 Å². The number of aryl methyl sites for hydroxylation is 1. The fraction of sp³-hybridized carbons (Fsp3) is 0.500. The van der Waals surface area contributed by atoms with Gasteiger partial charge >= 0.3 is 5.97 Å². The molecule has 0 atom stereocenters. The molecule has 1 aromatic heterocycles. The van der Waals surface area contributed by atoms with Gasteiger partial charge in [0.05, 0.1) is 19.8 Å². The van der Waals surface area contributed by atoms with Crippen molar-refractivity contribution in [2.45, 2.75) is 44.5 Å². The first-order valence-electron chi connectivity index (χ1n) is 10.4. The maximum absolute atomic E-state index is 13.2. The van der Waals surface area contributed by atoms with Crippen LogP contribution in [0.4, 0.5) is 0 Å². The van der Waals surface area contributed by atoms with Gasteiger partial charge in [-0.1, -0.05) is 26.0 Å². The number of sulfonamides is 1. The van der Waals surface area contributed by atoms with Crippen molar-refractivity contribution in [2.24, 2.45) is 0 Å². The molecule has 2 heterocycles. The highest BCUT2D eigenvalue weighted by molar-refractivity contribution is 7.91. The largest absolute Gasteiger partial charge is 0.496 e. The summed E-state index contributed by atoms with van der Waals surface area (Å²) < 4.78 is 38.2. The number of hydrogen-bond donors (Lipinski definition) is 0. The summed E-state index contributed by atoms with van der Waals surface area (Å²) in [6.45, 7) is 8.40. The summed E-state index contributed by atoms with van der Waals surface area (Å²) in [5.41, 5.74) is 3.27. The minimum absolute atomic E-state index is 0.107. The number of methoxy groups -OCH3 is 2. The van der Waals surface area contributed by atoms with Crippen LogP contribution in [-0.2, 0) is 34.3 Å². The van der Waals surface area contributed by atoms with Crippen LogP contribution in [0.5, 0.6) is 5.75 Å². The van der Waals surface area contributed by atoms with E-state index >= 15 is 0 Å². The molecule has 0 saturated heterocycles. The number of rotatable bonds is 8. The lowest BCUT2D eigenvalue weighted by atomic mass is 10.0. The van der Waals surface area contributed by atoms with Crippen molar-refractivity contribution in [2.75, 3.05) is 33.9 Å². The molecule has 3 rings (SSSR count). The average molecular weight is 467 g/mol. The van der Waals surface area contributed by atoms with Gasteiger partial charge in [0.2, 0.25) is 0 Å². The third kappa shape index (κ3) is 4.64. The molecule has 0 amide bonds. The van der Waals surface area contributed by atoms with E-state index < -0.39 is 16.0 Å². The number of nitrogens with zero attached hydrogens (tertiary/aromatic N) is 2. The van der Waals surface area contributed by atoms with E-state index in [1.807, 2.05) is 19.1 Å². The Morgan fingerprint density at radius 3 is 2.52 bits per heavy atom. The Kier molecular flexibility index (Phi) is 7.41. The van der Waals surface area contributed by atoms with Gasteiger partial charge in [-0.05, 0) is 36.1 Å². The molecule has 0 spiro atoms. The summed E-state index contributed by atoms with van der Waals surface area (Å²) in [6.07, 6.45) is 0.610. The number of esters is 1.